The Morgan fingerprint density at radius 2 is 1.83 bits per heavy atom. The fourth-order valence-corrected chi connectivity index (χ4v) is 3.75. The highest BCUT2D eigenvalue weighted by molar-refractivity contribution is 6.01. The summed E-state index contributed by atoms with van der Waals surface area (Å²) in [6, 6.07) is 3.59. The van der Waals surface area contributed by atoms with Crippen LogP contribution < -0.4 is 14.8 Å². The van der Waals surface area contributed by atoms with Crippen molar-refractivity contribution in [3.8, 4) is 11.5 Å². The molecule has 0 aliphatic carbocycles. The van der Waals surface area contributed by atoms with Crippen LogP contribution in [-0.2, 0) is 16.6 Å². The van der Waals surface area contributed by atoms with E-state index in [-0.39, 0.29) is 0 Å². The molecular weight excluding hydrogens is 378 g/mol. The van der Waals surface area contributed by atoms with E-state index in [1.54, 1.807) is 36.7 Å². The van der Waals surface area contributed by atoms with E-state index in [9.17, 15) is 19.5 Å². The van der Waals surface area contributed by atoms with E-state index < -0.39 is 29.9 Å². The maximum Gasteiger partial charge on any atom is 0.326 e. The number of methoxy groups -OCH3 is 2. The molecular formula is C20H25N3O6. The number of carboxylic acid groups (broad SMARTS) is 1. The molecule has 1 aliphatic heterocycles. The Hall–Kier alpha value is -3.23. The third-order valence-electron chi connectivity index (χ3n) is 5.32. The Morgan fingerprint density at radius 1 is 1.17 bits per heavy atom. The van der Waals surface area contributed by atoms with Crippen LogP contribution in [0.5, 0.6) is 11.5 Å². The molecule has 1 saturated heterocycles. The van der Waals surface area contributed by atoms with E-state index in [0.717, 1.165) is 10.9 Å². The van der Waals surface area contributed by atoms with Gasteiger partial charge in [0.25, 0.3) is 5.91 Å². The number of ether oxygens (including phenoxy) is 2. The van der Waals surface area contributed by atoms with Crippen molar-refractivity contribution in [3.05, 3.63) is 23.9 Å². The van der Waals surface area contributed by atoms with Crippen molar-refractivity contribution in [1.82, 2.24) is 14.8 Å². The lowest BCUT2D eigenvalue weighted by molar-refractivity contribution is -0.148. The lowest BCUT2D eigenvalue weighted by Crippen LogP contribution is -2.50. The summed E-state index contributed by atoms with van der Waals surface area (Å²) in [5.74, 6) is -0.745. The summed E-state index contributed by atoms with van der Waals surface area (Å²) in [4.78, 5) is 38.1. The summed E-state index contributed by atoms with van der Waals surface area (Å²) in [6.45, 7) is 1.94. The molecule has 2 heterocycles. The minimum atomic E-state index is -1.02. The molecule has 29 heavy (non-hydrogen) atoms. The fourth-order valence-electron chi connectivity index (χ4n) is 3.75. The first-order valence-electron chi connectivity index (χ1n) is 9.34. The van der Waals surface area contributed by atoms with E-state index in [4.69, 9.17) is 9.47 Å². The van der Waals surface area contributed by atoms with Gasteiger partial charge in [-0.05, 0) is 31.9 Å². The highest BCUT2D eigenvalue weighted by atomic mass is 16.5. The van der Waals surface area contributed by atoms with Crippen molar-refractivity contribution in [2.45, 2.75) is 31.8 Å². The second-order valence-electron chi connectivity index (χ2n) is 7.08. The van der Waals surface area contributed by atoms with Crippen molar-refractivity contribution in [2.24, 2.45) is 7.05 Å². The lowest BCUT2D eigenvalue weighted by Gasteiger charge is -2.25. The number of nitrogens with zero attached hydrogens (tertiary/aromatic N) is 2. The minimum Gasteiger partial charge on any atom is -0.493 e. The molecule has 1 aromatic carbocycles. The number of carbonyl (C=O) groups is 3. The minimum absolute atomic E-state index is 0.367. The Balaban J connectivity index is 1.81. The summed E-state index contributed by atoms with van der Waals surface area (Å²) in [5.41, 5.74) is 1.14. The predicted molar refractivity (Wildman–Crippen MR) is 105 cm³/mol. The van der Waals surface area contributed by atoms with Crippen LogP contribution in [0.25, 0.3) is 10.9 Å². The predicted octanol–water partition coefficient (Wildman–Crippen LogP) is 1.39. The van der Waals surface area contributed by atoms with Gasteiger partial charge >= 0.3 is 5.97 Å². The Labute approximate surface area is 168 Å². The van der Waals surface area contributed by atoms with Gasteiger partial charge in [0.2, 0.25) is 5.91 Å². The number of likely N-dealkylation sites (tertiary alicyclic amines) is 1. The molecule has 1 aromatic heterocycles. The number of nitrogens with one attached hydrogen (secondary N) is 1. The number of benzene rings is 1. The van der Waals surface area contributed by atoms with Gasteiger partial charge in [0, 0.05) is 25.0 Å². The molecule has 2 atom stereocenters. The largest absolute Gasteiger partial charge is 0.493 e. The van der Waals surface area contributed by atoms with Gasteiger partial charge in [-0.2, -0.15) is 0 Å². The third-order valence-corrected chi connectivity index (χ3v) is 5.32. The zero-order valence-corrected chi connectivity index (χ0v) is 16.9. The van der Waals surface area contributed by atoms with Crippen molar-refractivity contribution < 1.29 is 29.0 Å². The molecule has 3 rings (SSSR count). The SMILES string of the molecule is COc1cc2cc(C(=O)NC(C)C(=O)N3CCCC3C(=O)O)n(C)c2cc1OC. The Bertz CT molecular complexity index is 967. The molecule has 2 amide bonds. The van der Waals surface area contributed by atoms with Gasteiger partial charge in [0.05, 0.1) is 19.7 Å². The molecule has 2 aromatic rings. The molecule has 156 valence electrons. The van der Waals surface area contributed by atoms with E-state index in [0.29, 0.717) is 36.6 Å². The molecule has 0 spiro atoms. The van der Waals surface area contributed by atoms with Crippen LogP contribution in [0, 0.1) is 0 Å². The first-order chi connectivity index (χ1) is 13.8. The lowest BCUT2D eigenvalue weighted by atomic mass is 10.2. The second-order valence-corrected chi connectivity index (χ2v) is 7.08. The molecule has 1 fully saturated rings. The van der Waals surface area contributed by atoms with Gasteiger partial charge in [-0.25, -0.2) is 4.79 Å². The fraction of sp³-hybridized carbons (Fsp3) is 0.450. The van der Waals surface area contributed by atoms with Gasteiger partial charge in [-0.1, -0.05) is 0 Å². The summed E-state index contributed by atoms with van der Waals surface area (Å²) in [5, 5.41) is 12.7. The first-order valence-corrected chi connectivity index (χ1v) is 9.34. The van der Waals surface area contributed by atoms with E-state index in [1.807, 2.05) is 0 Å². The summed E-state index contributed by atoms with van der Waals surface area (Å²) in [6.07, 6.45) is 1.06. The molecule has 9 nitrogen and oxygen atoms in total. The van der Waals surface area contributed by atoms with Crippen molar-refractivity contribution in [2.75, 3.05) is 20.8 Å². The van der Waals surface area contributed by atoms with E-state index >= 15 is 0 Å². The van der Waals surface area contributed by atoms with Crippen LogP contribution in [0.15, 0.2) is 18.2 Å². The molecule has 1 aliphatic rings. The highest BCUT2D eigenvalue weighted by Gasteiger charge is 2.36. The van der Waals surface area contributed by atoms with Crippen LogP contribution in [0.1, 0.15) is 30.3 Å². The van der Waals surface area contributed by atoms with Gasteiger partial charge < -0.3 is 29.4 Å². The Morgan fingerprint density at radius 3 is 2.45 bits per heavy atom. The standard InChI is InChI=1S/C20H25N3O6/c1-11(19(25)23-7-5-6-13(23)20(26)27)21-18(24)15-8-12-9-16(28-3)17(29-4)10-14(12)22(15)2/h8-11,13H,5-7H2,1-4H3,(H,21,24)(H,26,27). The summed E-state index contributed by atoms with van der Waals surface area (Å²) in [7, 11) is 4.82. The topological polar surface area (TPSA) is 110 Å². The number of aromatic nitrogens is 1. The van der Waals surface area contributed by atoms with Crippen LogP contribution >= 0.6 is 0 Å². The van der Waals surface area contributed by atoms with Gasteiger partial charge in [0.1, 0.15) is 17.8 Å². The van der Waals surface area contributed by atoms with Crippen molar-refractivity contribution in [1.29, 1.82) is 0 Å². The molecule has 2 unspecified atom stereocenters. The zero-order chi connectivity index (χ0) is 21.3. The molecule has 2 N–H and O–H groups in total. The monoisotopic (exact) mass is 403 g/mol. The quantitative estimate of drug-likeness (QED) is 0.754. The van der Waals surface area contributed by atoms with Gasteiger partial charge in [-0.15, -0.1) is 0 Å². The van der Waals surface area contributed by atoms with Gasteiger partial charge in [-0.3, -0.25) is 9.59 Å². The third kappa shape index (κ3) is 3.72. The average Bonchev–Trinajstić information content (AvgIpc) is 3.31. The number of aliphatic carboxylic acids is 1. The number of rotatable bonds is 6. The zero-order valence-electron chi connectivity index (χ0n) is 16.9. The molecule has 0 saturated carbocycles. The summed E-state index contributed by atoms with van der Waals surface area (Å²) < 4.78 is 12.3. The van der Waals surface area contributed by atoms with Crippen molar-refractivity contribution in [3.63, 3.8) is 0 Å². The van der Waals surface area contributed by atoms with E-state index in [2.05, 4.69) is 5.32 Å². The maximum atomic E-state index is 12.8. The summed E-state index contributed by atoms with van der Waals surface area (Å²) >= 11 is 0. The maximum absolute atomic E-state index is 12.8. The average molecular weight is 403 g/mol. The number of fused-ring (bicyclic) bond motifs is 1. The van der Waals surface area contributed by atoms with Crippen LogP contribution in [0.4, 0.5) is 0 Å². The normalized spacial score (nSPS) is 17.2. The van der Waals surface area contributed by atoms with Crippen LogP contribution in [0.2, 0.25) is 0 Å². The molecule has 0 bridgehead atoms. The molecule has 0 radical (unpaired) electrons. The molecule has 9 heteroatoms. The van der Waals surface area contributed by atoms with Crippen LogP contribution in [-0.4, -0.2) is 65.2 Å². The van der Waals surface area contributed by atoms with Gasteiger partial charge in [0.15, 0.2) is 11.5 Å². The number of hydrogen-bond donors (Lipinski definition) is 2. The van der Waals surface area contributed by atoms with Crippen LogP contribution in [0.3, 0.4) is 0 Å². The number of aryl methyl sites for hydroxylation is 1. The van der Waals surface area contributed by atoms with E-state index in [1.165, 1.54) is 19.1 Å². The number of carbonyl (C=O) groups excluding carboxylic acids is 2. The number of hydrogen-bond acceptors (Lipinski definition) is 5. The first kappa shape index (κ1) is 20.5. The number of amides is 2. The smallest absolute Gasteiger partial charge is 0.326 e. The number of carboxylic acids is 1. The van der Waals surface area contributed by atoms with Crippen molar-refractivity contribution >= 4 is 28.7 Å². The second kappa shape index (κ2) is 8.02. The highest BCUT2D eigenvalue weighted by Crippen LogP contribution is 2.33. The Kier molecular flexibility index (Phi) is 5.67.